The van der Waals surface area contributed by atoms with Gasteiger partial charge in [0.1, 0.15) is 0 Å². The number of carbonyl (C=O) groups is 1. The molecule has 1 N–H and O–H groups in total. The van der Waals surface area contributed by atoms with Gasteiger partial charge in [0, 0.05) is 35.0 Å². The van der Waals surface area contributed by atoms with Gasteiger partial charge in [-0.1, -0.05) is 11.6 Å². The van der Waals surface area contributed by atoms with Gasteiger partial charge >= 0.3 is 0 Å². The predicted octanol–water partition coefficient (Wildman–Crippen LogP) is 3.12. The lowest BCUT2D eigenvalue weighted by Crippen LogP contribution is -2.35. The summed E-state index contributed by atoms with van der Waals surface area (Å²) < 4.78 is 2.63. The highest BCUT2D eigenvalue weighted by molar-refractivity contribution is 9.10. The van der Waals surface area contributed by atoms with Crippen molar-refractivity contribution >= 4 is 33.4 Å². The van der Waals surface area contributed by atoms with Crippen molar-refractivity contribution in [3.05, 3.63) is 52.0 Å². The number of amides is 1. The minimum Gasteiger partial charge on any atom is -0.348 e. The smallest absolute Gasteiger partial charge is 0.251 e. The molecule has 4 nitrogen and oxygen atoms in total. The van der Waals surface area contributed by atoms with Crippen LogP contribution in [0.15, 0.2) is 41.4 Å². The maximum Gasteiger partial charge on any atom is 0.251 e. The average Bonchev–Trinajstić information content (AvgIpc) is 2.85. The topological polar surface area (TPSA) is 46.9 Å². The number of hydrogen-bond donors (Lipinski definition) is 1. The van der Waals surface area contributed by atoms with Gasteiger partial charge in [0.15, 0.2) is 0 Å². The van der Waals surface area contributed by atoms with Crippen LogP contribution in [0.2, 0.25) is 5.02 Å². The van der Waals surface area contributed by atoms with Crippen LogP contribution in [-0.4, -0.2) is 21.5 Å². The molecule has 0 bridgehead atoms. The zero-order valence-electron chi connectivity index (χ0n) is 10.3. The monoisotopic (exact) mass is 341 g/mol. The van der Waals surface area contributed by atoms with Gasteiger partial charge in [-0.05, 0) is 41.1 Å². The molecule has 0 spiro atoms. The third-order valence-corrected chi connectivity index (χ3v) is 3.82. The molecule has 0 aliphatic rings. The zero-order chi connectivity index (χ0) is 13.8. The van der Waals surface area contributed by atoms with E-state index in [-0.39, 0.29) is 11.9 Å². The number of imidazole rings is 1. The number of carbonyl (C=O) groups excluding carboxylic acids is 1. The van der Waals surface area contributed by atoms with Gasteiger partial charge in [0.2, 0.25) is 0 Å². The van der Waals surface area contributed by atoms with Crippen molar-refractivity contribution in [1.29, 1.82) is 0 Å². The molecule has 19 heavy (non-hydrogen) atoms. The first-order valence-electron chi connectivity index (χ1n) is 5.78. The molecule has 2 rings (SSSR count). The van der Waals surface area contributed by atoms with Crippen LogP contribution in [0.3, 0.4) is 0 Å². The maximum absolute atomic E-state index is 12.0. The van der Waals surface area contributed by atoms with Crippen LogP contribution in [0.25, 0.3) is 0 Å². The Balaban J connectivity index is 1.98. The number of nitrogens with zero attached hydrogens (tertiary/aromatic N) is 2. The van der Waals surface area contributed by atoms with E-state index in [9.17, 15) is 4.79 Å². The Morgan fingerprint density at radius 1 is 1.58 bits per heavy atom. The van der Waals surface area contributed by atoms with E-state index in [1.807, 2.05) is 17.7 Å². The molecule has 1 atom stereocenters. The molecule has 0 aliphatic heterocycles. The highest BCUT2D eigenvalue weighted by Gasteiger charge is 2.11. The summed E-state index contributed by atoms with van der Waals surface area (Å²) in [5.41, 5.74) is 0.578. The van der Waals surface area contributed by atoms with E-state index in [0.717, 1.165) is 0 Å². The van der Waals surface area contributed by atoms with E-state index >= 15 is 0 Å². The minimum atomic E-state index is -0.120. The largest absolute Gasteiger partial charge is 0.348 e. The Kier molecular flexibility index (Phi) is 4.61. The Labute approximate surface area is 124 Å². The van der Waals surface area contributed by atoms with Gasteiger partial charge in [0.25, 0.3) is 5.91 Å². The third kappa shape index (κ3) is 3.81. The van der Waals surface area contributed by atoms with Gasteiger partial charge in [-0.2, -0.15) is 0 Å². The van der Waals surface area contributed by atoms with Crippen LogP contribution in [0.4, 0.5) is 0 Å². The number of nitrogens with one attached hydrogen (secondary N) is 1. The van der Waals surface area contributed by atoms with Crippen molar-refractivity contribution in [2.45, 2.75) is 19.5 Å². The highest BCUT2D eigenvalue weighted by Crippen LogP contribution is 2.23. The molecular weight excluding hydrogens is 330 g/mol. The van der Waals surface area contributed by atoms with Crippen molar-refractivity contribution in [2.75, 3.05) is 0 Å². The number of halogens is 2. The van der Waals surface area contributed by atoms with Crippen LogP contribution in [0.1, 0.15) is 17.3 Å². The summed E-state index contributed by atoms with van der Waals surface area (Å²) in [7, 11) is 0. The molecule has 1 unspecified atom stereocenters. The second-order valence-corrected chi connectivity index (χ2v) is 5.52. The minimum absolute atomic E-state index is 0.0103. The summed E-state index contributed by atoms with van der Waals surface area (Å²) in [4.78, 5) is 16.0. The number of hydrogen-bond acceptors (Lipinski definition) is 2. The molecule has 1 aromatic carbocycles. The van der Waals surface area contributed by atoms with Crippen LogP contribution >= 0.6 is 27.5 Å². The van der Waals surface area contributed by atoms with E-state index in [4.69, 9.17) is 11.6 Å². The lowest BCUT2D eigenvalue weighted by atomic mass is 10.2. The van der Waals surface area contributed by atoms with Crippen LogP contribution in [0.5, 0.6) is 0 Å². The van der Waals surface area contributed by atoms with Crippen LogP contribution < -0.4 is 5.32 Å². The molecule has 1 heterocycles. The predicted molar refractivity (Wildman–Crippen MR) is 78.3 cm³/mol. The molecule has 0 saturated carbocycles. The van der Waals surface area contributed by atoms with Crippen molar-refractivity contribution in [3.8, 4) is 0 Å². The Hall–Kier alpha value is -1.33. The number of benzene rings is 1. The van der Waals surface area contributed by atoms with Gasteiger partial charge in [-0.25, -0.2) is 4.98 Å². The standard InChI is InChI=1S/C13H13BrClN3O/c1-9(7-18-5-4-16-8-18)17-13(19)10-2-3-12(15)11(14)6-10/h2-6,8-9H,7H2,1H3,(H,17,19). The first-order chi connectivity index (χ1) is 9.06. The molecule has 0 fully saturated rings. The fraction of sp³-hybridized carbons (Fsp3) is 0.231. The first-order valence-corrected chi connectivity index (χ1v) is 6.95. The summed E-state index contributed by atoms with van der Waals surface area (Å²) in [5.74, 6) is -0.120. The second kappa shape index (κ2) is 6.21. The Morgan fingerprint density at radius 3 is 3.00 bits per heavy atom. The number of rotatable bonds is 4. The summed E-state index contributed by atoms with van der Waals surface area (Å²) in [6.45, 7) is 2.63. The normalized spacial score (nSPS) is 12.2. The molecule has 100 valence electrons. The fourth-order valence-electron chi connectivity index (χ4n) is 1.70. The Bertz CT molecular complexity index is 571. The lowest BCUT2D eigenvalue weighted by molar-refractivity contribution is 0.0936. The van der Waals surface area contributed by atoms with E-state index < -0.39 is 0 Å². The molecular formula is C13H13BrClN3O. The third-order valence-electron chi connectivity index (χ3n) is 2.60. The second-order valence-electron chi connectivity index (χ2n) is 4.26. The highest BCUT2D eigenvalue weighted by atomic mass is 79.9. The van der Waals surface area contributed by atoms with Crippen LogP contribution in [-0.2, 0) is 6.54 Å². The van der Waals surface area contributed by atoms with Gasteiger partial charge in [-0.15, -0.1) is 0 Å². The van der Waals surface area contributed by atoms with Crippen molar-refractivity contribution < 1.29 is 4.79 Å². The van der Waals surface area contributed by atoms with Crippen molar-refractivity contribution in [2.24, 2.45) is 0 Å². The molecule has 1 aromatic heterocycles. The van der Waals surface area contributed by atoms with Gasteiger partial charge in [0.05, 0.1) is 11.3 Å². The summed E-state index contributed by atoms with van der Waals surface area (Å²) in [5, 5.41) is 3.52. The quantitative estimate of drug-likeness (QED) is 0.928. The van der Waals surface area contributed by atoms with E-state index in [0.29, 0.717) is 21.6 Å². The first kappa shape index (κ1) is 14.1. The van der Waals surface area contributed by atoms with E-state index in [1.54, 1.807) is 30.7 Å². The summed E-state index contributed by atoms with van der Waals surface area (Å²) in [6, 6.07) is 5.12. The van der Waals surface area contributed by atoms with Crippen molar-refractivity contribution in [1.82, 2.24) is 14.9 Å². The summed E-state index contributed by atoms with van der Waals surface area (Å²) in [6.07, 6.45) is 5.30. The number of aromatic nitrogens is 2. The van der Waals surface area contributed by atoms with Gasteiger partial charge in [-0.3, -0.25) is 4.79 Å². The van der Waals surface area contributed by atoms with E-state index in [1.165, 1.54) is 0 Å². The lowest BCUT2D eigenvalue weighted by Gasteiger charge is -2.14. The molecule has 6 heteroatoms. The Morgan fingerprint density at radius 2 is 2.37 bits per heavy atom. The molecule has 0 saturated heterocycles. The molecule has 0 radical (unpaired) electrons. The molecule has 0 aliphatic carbocycles. The molecule has 2 aromatic rings. The van der Waals surface area contributed by atoms with E-state index in [2.05, 4.69) is 26.2 Å². The van der Waals surface area contributed by atoms with Crippen molar-refractivity contribution in [3.63, 3.8) is 0 Å². The average molecular weight is 343 g/mol. The maximum atomic E-state index is 12.0. The SMILES string of the molecule is CC(Cn1ccnc1)NC(=O)c1ccc(Cl)c(Br)c1. The van der Waals surface area contributed by atoms with Crippen LogP contribution in [0, 0.1) is 0 Å². The van der Waals surface area contributed by atoms with Gasteiger partial charge < -0.3 is 9.88 Å². The zero-order valence-corrected chi connectivity index (χ0v) is 12.6. The fourth-order valence-corrected chi connectivity index (χ4v) is 2.20. The summed E-state index contributed by atoms with van der Waals surface area (Å²) >= 11 is 9.20. The molecule has 1 amide bonds.